The molecule has 1 fully saturated rings. The maximum atomic E-state index is 14.1. The van der Waals surface area contributed by atoms with E-state index < -0.39 is 86.0 Å². The van der Waals surface area contributed by atoms with Gasteiger partial charge < -0.3 is 40.1 Å². The van der Waals surface area contributed by atoms with Gasteiger partial charge in [0.2, 0.25) is 5.91 Å². The molecule has 0 unspecified atom stereocenters. The third-order valence-corrected chi connectivity index (χ3v) is 9.10. The van der Waals surface area contributed by atoms with Crippen molar-refractivity contribution >= 4 is 60.7 Å². The number of nitrogens with one attached hydrogen (secondary N) is 3. The van der Waals surface area contributed by atoms with E-state index in [4.69, 9.17) is 14.1 Å². The molecule has 0 radical (unpaired) electrons. The topological polar surface area (TPSA) is 210 Å². The fourth-order valence-electron chi connectivity index (χ4n) is 6.11. The van der Waals surface area contributed by atoms with Crippen LogP contribution in [0.4, 0.5) is 13.2 Å². The van der Waals surface area contributed by atoms with Gasteiger partial charge in [-0.3, -0.25) is 24.0 Å². The molecule has 0 spiro atoms. The fourth-order valence-corrected chi connectivity index (χ4v) is 6.11. The zero-order valence-electron chi connectivity index (χ0n) is 28.3. The minimum absolute atomic E-state index is 0.00468. The van der Waals surface area contributed by atoms with Crippen molar-refractivity contribution in [3.8, 4) is 0 Å². The molecule has 3 aromatic carbocycles. The van der Waals surface area contributed by atoms with E-state index in [1.54, 1.807) is 12.1 Å². The average molecular weight is 750 g/mol. The Kier molecular flexibility index (Phi) is 10.9. The molecule has 0 aliphatic carbocycles. The first-order valence-corrected chi connectivity index (χ1v) is 16.6. The highest BCUT2D eigenvalue weighted by Gasteiger charge is 2.37. The number of nitrogens with zero attached hydrogens (tertiary/aromatic N) is 1. The Labute approximate surface area is 305 Å². The highest BCUT2D eigenvalue weighted by atomic mass is 19.4. The van der Waals surface area contributed by atoms with Crippen LogP contribution in [-0.4, -0.2) is 76.9 Å². The van der Waals surface area contributed by atoms with Gasteiger partial charge in [0.1, 0.15) is 6.04 Å². The standard InChI is InChI=1S/C34H31B2F3N4O11/c1-17(40-31(47)19-2-4-21-15-52-35(50)24(21)12-19)30(42-32(48)20-3-5-22-16-53-36(51)25(22)13-20)33(49)41-26(18-6-8-23(9-7-18)34(37,38)39)14-29(46)54-43-27(44)10-11-28(43)45/h2-9,12-13,17,26,30,50-51H,10-11,14-16H2,1H3,(H,40,47)(H,41,49)(H,42,48)/t17-,26-,30-/m0/s1. The van der Waals surface area contributed by atoms with Crippen molar-refractivity contribution < 1.29 is 66.1 Å². The molecular weight excluding hydrogens is 719 g/mol. The number of carbonyl (C=O) groups is 6. The number of hydrogen-bond acceptors (Lipinski definition) is 11. The Morgan fingerprint density at radius 3 is 1.85 bits per heavy atom. The number of amides is 5. The number of halogens is 3. The zero-order chi connectivity index (χ0) is 38.9. The van der Waals surface area contributed by atoms with Crippen LogP contribution in [0.15, 0.2) is 60.7 Å². The Hall–Kier alpha value is -5.56. The minimum atomic E-state index is -4.71. The van der Waals surface area contributed by atoms with Crippen molar-refractivity contribution in [1.82, 2.24) is 21.0 Å². The second kappa shape index (κ2) is 15.4. The minimum Gasteiger partial charge on any atom is -0.423 e. The first-order valence-electron chi connectivity index (χ1n) is 16.6. The van der Waals surface area contributed by atoms with E-state index in [0.717, 1.165) is 24.3 Å². The number of benzene rings is 3. The van der Waals surface area contributed by atoms with Crippen molar-refractivity contribution in [2.45, 2.75) is 63.7 Å². The molecule has 280 valence electrons. The summed E-state index contributed by atoms with van der Waals surface area (Å²) >= 11 is 0. The molecule has 3 heterocycles. The van der Waals surface area contributed by atoms with Crippen molar-refractivity contribution in [3.05, 3.63) is 94.0 Å². The van der Waals surface area contributed by atoms with Crippen LogP contribution in [0.2, 0.25) is 0 Å². The number of rotatable bonds is 11. The highest BCUT2D eigenvalue weighted by Crippen LogP contribution is 2.31. The van der Waals surface area contributed by atoms with Crippen LogP contribution in [0.25, 0.3) is 0 Å². The number of carbonyl (C=O) groups excluding carboxylic acids is 6. The predicted molar refractivity (Wildman–Crippen MR) is 180 cm³/mol. The third kappa shape index (κ3) is 8.31. The van der Waals surface area contributed by atoms with E-state index in [1.807, 2.05) is 0 Å². The van der Waals surface area contributed by atoms with Gasteiger partial charge >= 0.3 is 26.4 Å². The van der Waals surface area contributed by atoms with Crippen LogP contribution >= 0.6 is 0 Å². The molecular formula is C34H31B2F3N4O11. The molecule has 3 atom stereocenters. The molecule has 0 aromatic heterocycles. The van der Waals surface area contributed by atoms with E-state index >= 15 is 0 Å². The summed E-state index contributed by atoms with van der Waals surface area (Å²) in [5.74, 6) is -5.31. The quantitative estimate of drug-likeness (QED) is 0.129. The summed E-state index contributed by atoms with van der Waals surface area (Å²) in [5, 5.41) is 28.2. The fraction of sp³-hybridized carbons (Fsp3) is 0.294. The Bertz CT molecular complexity index is 2000. The largest absolute Gasteiger partial charge is 0.491 e. The molecule has 5 amide bonds. The second-order valence-electron chi connectivity index (χ2n) is 12.8. The van der Waals surface area contributed by atoms with E-state index in [1.165, 1.54) is 31.2 Å². The maximum absolute atomic E-state index is 14.1. The molecule has 3 aliphatic heterocycles. The third-order valence-electron chi connectivity index (χ3n) is 9.10. The summed E-state index contributed by atoms with van der Waals surface area (Å²) < 4.78 is 50.5. The predicted octanol–water partition coefficient (Wildman–Crippen LogP) is -0.0875. The van der Waals surface area contributed by atoms with E-state index in [0.29, 0.717) is 22.1 Å². The van der Waals surface area contributed by atoms with Crippen molar-refractivity contribution in [2.75, 3.05) is 0 Å². The first kappa shape index (κ1) is 38.2. The van der Waals surface area contributed by atoms with E-state index in [9.17, 15) is 52.0 Å². The van der Waals surface area contributed by atoms with Gasteiger partial charge in [0.25, 0.3) is 23.6 Å². The molecule has 3 aromatic rings. The van der Waals surface area contributed by atoms with Gasteiger partial charge in [-0.25, -0.2) is 4.79 Å². The van der Waals surface area contributed by atoms with Gasteiger partial charge in [0.15, 0.2) is 0 Å². The molecule has 1 saturated heterocycles. The van der Waals surface area contributed by atoms with Gasteiger partial charge in [-0.2, -0.15) is 13.2 Å². The molecule has 5 N–H and O–H groups in total. The van der Waals surface area contributed by atoms with Crippen molar-refractivity contribution in [2.24, 2.45) is 0 Å². The lowest BCUT2D eigenvalue weighted by Crippen LogP contribution is -2.58. The summed E-state index contributed by atoms with van der Waals surface area (Å²) in [4.78, 5) is 83.1. The number of hydrogen-bond donors (Lipinski definition) is 5. The van der Waals surface area contributed by atoms with Crippen molar-refractivity contribution in [3.63, 3.8) is 0 Å². The van der Waals surface area contributed by atoms with Gasteiger partial charge in [-0.05, 0) is 70.9 Å². The van der Waals surface area contributed by atoms with Crippen LogP contribution < -0.4 is 26.9 Å². The van der Waals surface area contributed by atoms with Gasteiger partial charge in [-0.1, -0.05) is 24.3 Å². The first-order chi connectivity index (χ1) is 25.6. The Morgan fingerprint density at radius 2 is 1.33 bits per heavy atom. The van der Waals surface area contributed by atoms with Crippen LogP contribution in [0, 0.1) is 0 Å². The maximum Gasteiger partial charge on any atom is 0.491 e. The monoisotopic (exact) mass is 750 g/mol. The number of alkyl halides is 3. The molecule has 0 bridgehead atoms. The Morgan fingerprint density at radius 1 is 0.815 bits per heavy atom. The summed E-state index contributed by atoms with van der Waals surface area (Å²) in [6, 6.07) is 7.99. The van der Waals surface area contributed by atoms with Crippen LogP contribution in [-0.2, 0) is 52.7 Å². The van der Waals surface area contributed by atoms with E-state index in [2.05, 4.69) is 16.0 Å². The molecule has 6 rings (SSSR count). The molecule has 54 heavy (non-hydrogen) atoms. The van der Waals surface area contributed by atoms with E-state index in [-0.39, 0.29) is 47.8 Å². The average Bonchev–Trinajstić information content (AvgIpc) is 3.81. The van der Waals surface area contributed by atoms with Gasteiger partial charge in [0.05, 0.1) is 37.3 Å². The molecule has 3 aliphatic rings. The molecule has 20 heteroatoms. The summed E-state index contributed by atoms with van der Waals surface area (Å²) in [7, 11) is -2.55. The van der Waals surface area contributed by atoms with Crippen LogP contribution in [0.5, 0.6) is 0 Å². The smallest absolute Gasteiger partial charge is 0.423 e. The molecule has 0 saturated carbocycles. The number of hydroxylamine groups is 2. The lowest BCUT2D eigenvalue weighted by atomic mass is 9.78. The number of fused-ring (bicyclic) bond motifs is 2. The highest BCUT2D eigenvalue weighted by molar-refractivity contribution is 6.62. The van der Waals surface area contributed by atoms with Gasteiger partial charge in [0, 0.05) is 24.0 Å². The van der Waals surface area contributed by atoms with Crippen molar-refractivity contribution in [1.29, 1.82) is 0 Å². The molecule has 15 nitrogen and oxygen atoms in total. The normalized spacial score (nSPS) is 16.7. The second-order valence-corrected chi connectivity index (χ2v) is 12.8. The van der Waals surface area contributed by atoms with Crippen LogP contribution in [0.1, 0.15) is 75.2 Å². The summed E-state index contributed by atoms with van der Waals surface area (Å²) in [6.45, 7) is 1.62. The number of imide groups is 1. The summed E-state index contributed by atoms with van der Waals surface area (Å²) in [6.07, 6.45) is -5.89. The van der Waals surface area contributed by atoms with Gasteiger partial charge in [-0.15, -0.1) is 5.06 Å². The summed E-state index contributed by atoms with van der Waals surface area (Å²) in [5.41, 5.74) is 1.03. The SMILES string of the molecule is C[C@H](NC(=O)c1ccc2c(c1)B(O)OC2)[C@H](NC(=O)c1ccc2c(c1)B(O)OC2)C(=O)N[C@@H](CC(=O)ON1C(=O)CCC1=O)c1ccc(C(F)(F)F)cc1. The lowest BCUT2D eigenvalue weighted by Gasteiger charge is -2.28. The van der Waals surface area contributed by atoms with Crippen LogP contribution in [0.3, 0.4) is 0 Å². The lowest BCUT2D eigenvalue weighted by molar-refractivity contribution is -0.197. The Balaban J connectivity index is 1.27. The zero-order valence-corrected chi connectivity index (χ0v) is 28.3.